The maximum absolute atomic E-state index is 12.7. The molecule has 0 saturated carbocycles. The van der Waals surface area contributed by atoms with Crippen LogP contribution in [0.4, 0.5) is 0 Å². The molecular weight excluding hydrogens is 324 g/mol. The second-order valence-electron chi connectivity index (χ2n) is 5.23. The third-order valence-electron chi connectivity index (χ3n) is 2.98. The Bertz CT molecular complexity index is 758. The van der Waals surface area contributed by atoms with Crippen molar-refractivity contribution in [3.8, 4) is 0 Å². The van der Waals surface area contributed by atoms with Crippen molar-refractivity contribution in [1.29, 1.82) is 0 Å². The molecule has 0 spiro atoms. The summed E-state index contributed by atoms with van der Waals surface area (Å²) in [5.41, 5.74) is 0.410. The van der Waals surface area contributed by atoms with E-state index in [-0.39, 0.29) is 23.2 Å². The van der Waals surface area contributed by atoms with E-state index in [9.17, 15) is 9.59 Å². The summed E-state index contributed by atoms with van der Waals surface area (Å²) in [6, 6.07) is 5.01. The monoisotopic (exact) mass is 340 g/mol. The largest absolute Gasteiger partial charge is 0.468 e. The Balaban J connectivity index is 2.54. The zero-order valence-corrected chi connectivity index (χ0v) is 14.2. The van der Waals surface area contributed by atoms with Crippen LogP contribution in [-0.4, -0.2) is 28.4 Å². The van der Waals surface area contributed by atoms with Gasteiger partial charge in [-0.2, -0.15) is 0 Å². The van der Waals surface area contributed by atoms with Gasteiger partial charge in [0.1, 0.15) is 0 Å². The number of halogens is 1. The first-order valence-electron chi connectivity index (χ1n) is 6.82. The third-order valence-corrected chi connectivity index (χ3v) is 4.16. The molecular formula is C15H17ClN2O3S. The number of rotatable bonds is 5. The number of fused-ring (bicyclic) bond motifs is 1. The van der Waals surface area contributed by atoms with Crippen LogP contribution in [0.15, 0.2) is 28.2 Å². The van der Waals surface area contributed by atoms with Gasteiger partial charge in [0.15, 0.2) is 5.16 Å². The topological polar surface area (TPSA) is 61.2 Å². The number of esters is 1. The molecule has 0 amide bonds. The lowest BCUT2D eigenvalue weighted by molar-refractivity contribution is -0.137. The van der Waals surface area contributed by atoms with Crippen molar-refractivity contribution in [2.45, 2.75) is 25.5 Å². The van der Waals surface area contributed by atoms with Gasteiger partial charge in [-0.25, -0.2) is 4.98 Å². The van der Waals surface area contributed by atoms with Crippen molar-refractivity contribution < 1.29 is 9.53 Å². The fourth-order valence-corrected chi connectivity index (χ4v) is 3.00. The average molecular weight is 341 g/mol. The number of ether oxygens (including phenoxy) is 1. The Morgan fingerprint density at radius 1 is 1.45 bits per heavy atom. The molecule has 5 nitrogen and oxygen atoms in total. The second kappa shape index (κ2) is 7.15. The van der Waals surface area contributed by atoms with Crippen LogP contribution in [0.1, 0.15) is 13.8 Å². The SMILES string of the molecule is COC(=O)CSc1nc2cc(Cl)ccc2c(=O)n1CC(C)C. The normalized spacial score (nSPS) is 11.1. The van der Waals surface area contributed by atoms with Gasteiger partial charge in [-0.1, -0.05) is 37.2 Å². The second-order valence-corrected chi connectivity index (χ2v) is 6.61. The highest BCUT2D eigenvalue weighted by Gasteiger charge is 2.14. The number of nitrogens with zero attached hydrogens (tertiary/aromatic N) is 2. The molecule has 1 heterocycles. The summed E-state index contributed by atoms with van der Waals surface area (Å²) in [5.74, 6) is 0.0240. The molecule has 0 saturated heterocycles. The molecule has 0 radical (unpaired) electrons. The van der Waals surface area contributed by atoms with E-state index in [1.165, 1.54) is 18.9 Å². The Morgan fingerprint density at radius 2 is 2.18 bits per heavy atom. The summed E-state index contributed by atoms with van der Waals surface area (Å²) in [6.45, 7) is 4.58. The van der Waals surface area contributed by atoms with E-state index in [1.54, 1.807) is 22.8 Å². The number of benzene rings is 1. The van der Waals surface area contributed by atoms with Crippen LogP contribution >= 0.6 is 23.4 Å². The van der Waals surface area contributed by atoms with Crippen LogP contribution in [-0.2, 0) is 16.1 Å². The Kier molecular flexibility index (Phi) is 5.47. The molecule has 0 bridgehead atoms. The number of aromatic nitrogens is 2. The fraction of sp³-hybridized carbons (Fsp3) is 0.400. The molecule has 0 N–H and O–H groups in total. The maximum Gasteiger partial charge on any atom is 0.316 e. The first-order chi connectivity index (χ1) is 10.4. The maximum atomic E-state index is 12.7. The van der Waals surface area contributed by atoms with E-state index in [1.807, 2.05) is 13.8 Å². The molecule has 0 atom stereocenters. The minimum atomic E-state index is -0.360. The van der Waals surface area contributed by atoms with E-state index in [4.69, 9.17) is 11.6 Å². The number of carbonyl (C=O) groups excluding carboxylic acids is 1. The van der Waals surface area contributed by atoms with E-state index >= 15 is 0 Å². The van der Waals surface area contributed by atoms with Gasteiger partial charge >= 0.3 is 5.97 Å². The van der Waals surface area contributed by atoms with Crippen molar-refractivity contribution in [1.82, 2.24) is 9.55 Å². The number of carbonyl (C=O) groups is 1. The summed E-state index contributed by atoms with van der Waals surface area (Å²) in [5, 5.41) is 1.54. The molecule has 2 aromatic rings. The summed E-state index contributed by atoms with van der Waals surface area (Å²) in [6.07, 6.45) is 0. The lowest BCUT2D eigenvalue weighted by Crippen LogP contribution is -2.25. The Hall–Kier alpha value is -1.53. The molecule has 7 heteroatoms. The number of hydrogen-bond acceptors (Lipinski definition) is 5. The van der Waals surface area contributed by atoms with Gasteiger partial charge in [0.2, 0.25) is 0 Å². The molecule has 0 unspecified atom stereocenters. The van der Waals surface area contributed by atoms with Crippen molar-refractivity contribution in [3.05, 3.63) is 33.6 Å². The highest BCUT2D eigenvalue weighted by Crippen LogP contribution is 2.21. The van der Waals surface area contributed by atoms with E-state index < -0.39 is 0 Å². The van der Waals surface area contributed by atoms with Crippen LogP contribution in [0, 0.1) is 5.92 Å². The molecule has 0 fully saturated rings. The zero-order chi connectivity index (χ0) is 16.3. The predicted molar refractivity (Wildman–Crippen MR) is 88.6 cm³/mol. The third kappa shape index (κ3) is 3.81. The fourth-order valence-electron chi connectivity index (χ4n) is 1.99. The number of methoxy groups -OCH3 is 1. The molecule has 1 aromatic heterocycles. The minimum absolute atomic E-state index is 0.104. The van der Waals surface area contributed by atoms with Gasteiger partial charge in [-0.3, -0.25) is 14.2 Å². The lowest BCUT2D eigenvalue weighted by Gasteiger charge is -2.14. The molecule has 22 heavy (non-hydrogen) atoms. The molecule has 0 aliphatic rings. The van der Waals surface area contributed by atoms with Crippen molar-refractivity contribution in [2.24, 2.45) is 5.92 Å². The van der Waals surface area contributed by atoms with Crippen LogP contribution in [0.5, 0.6) is 0 Å². The number of hydrogen-bond donors (Lipinski definition) is 0. The lowest BCUT2D eigenvalue weighted by atomic mass is 10.2. The molecule has 118 valence electrons. The average Bonchev–Trinajstić information content (AvgIpc) is 2.47. The minimum Gasteiger partial charge on any atom is -0.468 e. The Labute approximate surface area is 137 Å². The molecule has 0 aliphatic heterocycles. The molecule has 0 aliphatic carbocycles. The van der Waals surface area contributed by atoms with Crippen molar-refractivity contribution in [3.63, 3.8) is 0 Å². The summed E-state index contributed by atoms with van der Waals surface area (Å²) < 4.78 is 6.24. The van der Waals surface area contributed by atoms with E-state index in [0.29, 0.717) is 27.6 Å². The molecule has 1 aromatic carbocycles. The van der Waals surface area contributed by atoms with Crippen LogP contribution < -0.4 is 5.56 Å². The highest BCUT2D eigenvalue weighted by atomic mass is 35.5. The van der Waals surface area contributed by atoms with E-state index in [2.05, 4.69) is 9.72 Å². The quantitative estimate of drug-likeness (QED) is 0.475. The summed E-state index contributed by atoms with van der Waals surface area (Å²) in [7, 11) is 1.33. The van der Waals surface area contributed by atoms with Gasteiger partial charge in [-0.05, 0) is 24.1 Å². The van der Waals surface area contributed by atoms with Crippen molar-refractivity contribution in [2.75, 3.05) is 12.9 Å². The zero-order valence-electron chi connectivity index (χ0n) is 12.6. The van der Waals surface area contributed by atoms with Crippen LogP contribution in [0.3, 0.4) is 0 Å². The van der Waals surface area contributed by atoms with Crippen LogP contribution in [0.25, 0.3) is 10.9 Å². The van der Waals surface area contributed by atoms with Crippen molar-refractivity contribution >= 4 is 40.2 Å². The van der Waals surface area contributed by atoms with E-state index in [0.717, 1.165) is 0 Å². The summed E-state index contributed by atoms with van der Waals surface area (Å²) >= 11 is 7.16. The standard InChI is InChI=1S/C15H17ClN2O3S/c1-9(2)7-18-14(20)11-5-4-10(16)6-12(11)17-15(18)22-8-13(19)21-3/h4-6,9H,7-8H2,1-3H3. The van der Waals surface area contributed by atoms with Gasteiger partial charge in [0.05, 0.1) is 23.8 Å². The first-order valence-corrected chi connectivity index (χ1v) is 8.18. The van der Waals surface area contributed by atoms with Gasteiger partial charge in [0, 0.05) is 11.6 Å². The summed E-state index contributed by atoms with van der Waals surface area (Å²) in [4.78, 5) is 28.5. The van der Waals surface area contributed by atoms with Gasteiger partial charge in [0.25, 0.3) is 5.56 Å². The highest BCUT2D eigenvalue weighted by molar-refractivity contribution is 7.99. The first kappa shape index (κ1) is 16.8. The predicted octanol–water partition coefficient (Wildman–Crippen LogP) is 2.97. The molecule has 2 rings (SSSR count). The van der Waals surface area contributed by atoms with Gasteiger partial charge in [-0.15, -0.1) is 0 Å². The Morgan fingerprint density at radius 3 is 2.82 bits per heavy atom. The number of thioether (sulfide) groups is 1. The smallest absolute Gasteiger partial charge is 0.316 e. The van der Waals surface area contributed by atoms with Crippen LogP contribution in [0.2, 0.25) is 5.02 Å². The van der Waals surface area contributed by atoms with Gasteiger partial charge < -0.3 is 4.74 Å².